The van der Waals surface area contributed by atoms with Gasteiger partial charge in [0.15, 0.2) is 0 Å². The molecule has 26 heavy (non-hydrogen) atoms. The van der Waals surface area contributed by atoms with Crippen LogP contribution in [-0.2, 0) is 6.42 Å². The topological polar surface area (TPSA) is 23.5 Å². The average Bonchev–Trinajstić information content (AvgIpc) is 2.61. The highest BCUT2D eigenvalue weighted by atomic mass is 16.3. The third kappa shape index (κ3) is 4.25. The number of hydrogen-bond acceptors (Lipinski definition) is 2. The van der Waals surface area contributed by atoms with Gasteiger partial charge >= 0.3 is 0 Å². The molecular weight excluding hydrogens is 318 g/mol. The van der Waals surface area contributed by atoms with Crippen molar-refractivity contribution in [2.75, 3.05) is 20.6 Å². The molecule has 0 saturated heterocycles. The first kappa shape index (κ1) is 18.9. The SMILES string of the molecule is Cc1ccccc1CC1(O)/C(=C/c2ccccc2)CCCC1CN(C)C. The number of nitrogens with zero attached hydrogens (tertiary/aromatic N) is 1. The molecule has 2 atom stereocenters. The molecule has 2 nitrogen and oxygen atoms in total. The van der Waals surface area contributed by atoms with Crippen LogP contribution in [0.2, 0.25) is 0 Å². The Morgan fingerprint density at radius 2 is 1.77 bits per heavy atom. The van der Waals surface area contributed by atoms with Crippen molar-refractivity contribution in [2.24, 2.45) is 5.92 Å². The Morgan fingerprint density at radius 1 is 1.08 bits per heavy atom. The summed E-state index contributed by atoms with van der Waals surface area (Å²) in [5.41, 5.74) is 4.08. The fraction of sp³-hybridized carbons (Fsp3) is 0.417. The average molecular weight is 350 g/mol. The molecule has 1 fully saturated rings. The van der Waals surface area contributed by atoms with Crippen LogP contribution in [0.1, 0.15) is 36.0 Å². The predicted octanol–water partition coefficient (Wildman–Crippen LogP) is 4.71. The van der Waals surface area contributed by atoms with Gasteiger partial charge in [0.2, 0.25) is 0 Å². The standard InChI is InChI=1S/C24H31NO/c1-19-10-7-8-13-21(19)17-24(26)22(16-20-11-5-4-6-12-20)14-9-15-23(24)18-25(2)3/h4-8,10-13,16,23,26H,9,14-15,17-18H2,1-3H3/b22-16+. The normalized spacial score (nSPS) is 25.0. The summed E-state index contributed by atoms with van der Waals surface area (Å²) in [7, 11) is 4.20. The Balaban J connectivity index is 2.01. The Bertz CT molecular complexity index is 750. The minimum atomic E-state index is -0.787. The highest BCUT2D eigenvalue weighted by molar-refractivity contribution is 5.56. The quantitative estimate of drug-likeness (QED) is 0.845. The van der Waals surface area contributed by atoms with Gasteiger partial charge in [0.25, 0.3) is 0 Å². The van der Waals surface area contributed by atoms with E-state index in [0.717, 1.165) is 25.8 Å². The van der Waals surface area contributed by atoms with Crippen molar-refractivity contribution >= 4 is 6.08 Å². The van der Waals surface area contributed by atoms with E-state index in [2.05, 4.69) is 80.5 Å². The third-order valence-corrected chi connectivity index (χ3v) is 5.68. The number of benzene rings is 2. The second-order valence-electron chi connectivity index (χ2n) is 7.96. The predicted molar refractivity (Wildman–Crippen MR) is 110 cm³/mol. The largest absolute Gasteiger partial charge is 0.385 e. The van der Waals surface area contributed by atoms with Crippen LogP contribution in [0.15, 0.2) is 60.2 Å². The maximum atomic E-state index is 12.0. The van der Waals surface area contributed by atoms with Crippen molar-refractivity contribution in [1.29, 1.82) is 0 Å². The molecule has 2 unspecified atom stereocenters. The Morgan fingerprint density at radius 3 is 2.46 bits per heavy atom. The fourth-order valence-corrected chi connectivity index (χ4v) is 4.24. The zero-order chi connectivity index (χ0) is 18.6. The smallest absolute Gasteiger partial charge is 0.0940 e. The summed E-state index contributed by atoms with van der Waals surface area (Å²) < 4.78 is 0. The van der Waals surface area contributed by atoms with E-state index in [4.69, 9.17) is 0 Å². The van der Waals surface area contributed by atoms with Crippen LogP contribution in [0.4, 0.5) is 0 Å². The first-order chi connectivity index (χ1) is 12.5. The Hall–Kier alpha value is -1.90. The molecule has 1 N–H and O–H groups in total. The van der Waals surface area contributed by atoms with Gasteiger partial charge in [-0.05, 0) is 62.5 Å². The summed E-state index contributed by atoms with van der Waals surface area (Å²) in [6, 6.07) is 18.9. The molecule has 138 valence electrons. The van der Waals surface area contributed by atoms with Gasteiger partial charge in [0, 0.05) is 18.9 Å². The van der Waals surface area contributed by atoms with Crippen molar-refractivity contribution in [3.63, 3.8) is 0 Å². The molecule has 0 aliphatic heterocycles. The van der Waals surface area contributed by atoms with E-state index in [9.17, 15) is 5.11 Å². The minimum absolute atomic E-state index is 0.251. The van der Waals surface area contributed by atoms with E-state index >= 15 is 0 Å². The second kappa shape index (κ2) is 8.20. The molecule has 0 aromatic heterocycles. The molecule has 2 aromatic rings. The van der Waals surface area contributed by atoms with Gasteiger partial charge in [0.1, 0.15) is 0 Å². The van der Waals surface area contributed by atoms with Gasteiger partial charge in [-0.2, -0.15) is 0 Å². The molecular formula is C24H31NO. The Labute approximate surface area is 158 Å². The summed E-state index contributed by atoms with van der Waals surface area (Å²) in [6.07, 6.45) is 6.11. The van der Waals surface area contributed by atoms with Gasteiger partial charge in [-0.3, -0.25) is 0 Å². The lowest BCUT2D eigenvalue weighted by atomic mass is 9.68. The second-order valence-corrected chi connectivity index (χ2v) is 7.96. The molecule has 1 aliphatic rings. The third-order valence-electron chi connectivity index (χ3n) is 5.68. The lowest BCUT2D eigenvalue weighted by molar-refractivity contribution is -0.0124. The Kier molecular flexibility index (Phi) is 5.95. The van der Waals surface area contributed by atoms with Crippen molar-refractivity contribution in [1.82, 2.24) is 4.90 Å². The van der Waals surface area contributed by atoms with Crippen LogP contribution in [0.25, 0.3) is 6.08 Å². The van der Waals surface area contributed by atoms with Gasteiger partial charge in [-0.15, -0.1) is 0 Å². The van der Waals surface area contributed by atoms with Crippen molar-refractivity contribution in [3.8, 4) is 0 Å². The molecule has 1 aliphatic carbocycles. The fourth-order valence-electron chi connectivity index (χ4n) is 4.24. The molecule has 2 aromatic carbocycles. The zero-order valence-corrected chi connectivity index (χ0v) is 16.3. The molecule has 0 radical (unpaired) electrons. The highest BCUT2D eigenvalue weighted by Crippen LogP contribution is 2.42. The molecule has 0 bridgehead atoms. The van der Waals surface area contributed by atoms with Crippen molar-refractivity contribution in [3.05, 3.63) is 76.9 Å². The van der Waals surface area contributed by atoms with Gasteiger partial charge in [-0.1, -0.05) is 60.7 Å². The summed E-state index contributed by atoms with van der Waals surface area (Å²) in [6.45, 7) is 3.05. The molecule has 1 saturated carbocycles. The molecule has 0 amide bonds. The van der Waals surface area contributed by atoms with Crippen molar-refractivity contribution < 1.29 is 5.11 Å². The van der Waals surface area contributed by atoms with Gasteiger partial charge in [0.05, 0.1) is 5.60 Å². The highest BCUT2D eigenvalue weighted by Gasteiger charge is 2.42. The van der Waals surface area contributed by atoms with E-state index in [1.165, 1.54) is 22.3 Å². The monoisotopic (exact) mass is 349 g/mol. The van der Waals surface area contributed by atoms with Crippen LogP contribution < -0.4 is 0 Å². The number of aliphatic hydroxyl groups is 1. The van der Waals surface area contributed by atoms with Crippen LogP contribution >= 0.6 is 0 Å². The van der Waals surface area contributed by atoms with Crippen LogP contribution in [0.5, 0.6) is 0 Å². The first-order valence-corrected chi connectivity index (χ1v) is 9.67. The van der Waals surface area contributed by atoms with Gasteiger partial charge < -0.3 is 10.0 Å². The van der Waals surface area contributed by atoms with E-state index in [-0.39, 0.29) is 5.92 Å². The van der Waals surface area contributed by atoms with E-state index in [0.29, 0.717) is 6.42 Å². The minimum Gasteiger partial charge on any atom is -0.385 e. The van der Waals surface area contributed by atoms with E-state index in [1.54, 1.807) is 0 Å². The summed E-state index contributed by atoms with van der Waals surface area (Å²) >= 11 is 0. The van der Waals surface area contributed by atoms with Crippen LogP contribution in [0.3, 0.4) is 0 Å². The summed E-state index contributed by atoms with van der Waals surface area (Å²) in [4.78, 5) is 2.21. The number of aryl methyl sites for hydroxylation is 1. The van der Waals surface area contributed by atoms with Crippen LogP contribution in [-0.4, -0.2) is 36.2 Å². The number of rotatable bonds is 5. The zero-order valence-electron chi connectivity index (χ0n) is 16.3. The van der Waals surface area contributed by atoms with E-state index in [1.807, 2.05) is 6.07 Å². The molecule has 0 spiro atoms. The molecule has 2 heteroatoms. The maximum Gasteiger partial charge on any atom is 0.0940 e. The van der Waals surface area contributed by atoms with Crippen LogP contribution in [0, 0.1) is 12.8 Å². The maximum absolute atomic E-state index is 12.0. The lowest BCUT2D eigenvalue weighted by Gasteiger charge is -2.44. The molecule has 3 rings (SSSR count). The van der Waals surface area contributed by atoms with E-state index < -0.39 is 5.60 Å². The van der Waals surface area contributed by atoms with Crippen molar-refractivity contribution in [2.45, 2.75) is 38.2 Å². The molecule has 0 heterocycles. The van der Waals surface area contributed by atoms with Gasteiger partial charge in [-0.25, -0.2) is 0 Å². The summed E-state index contributed by atoms with van der Waals surface area (Å²) in [5.74, 6) is 0.251. The summed E-state index contributed by atoms with van der Waals surface area (Å²) in [5, 5.41) is 12.0. The first-order valence-electron chi connectivity index (χ1n) is 9.67. The lowest BCUT2D eigenvalue weighted by Crippen LogP contribution is -2.48. The number of hydrogen-bond donors (Lipinski definition) is 1.